The van der Waals surface area contributed by atoms with Crippen molar-refractivity contribution in [3.63, 3.8) is 0 Å². The minimum Gasteiger partial charge on any atom is -0.410 e. The Balaban J connectivity index is 1.24. The monoisotopic (exact) mass is 455 g/mol. The summed E-state index contributed by atoms with van der Waals surface area (Å²) in [6.45, 7) is 0.850. The number of ether oxygens (including phenoxy) is 1. The molecule has 0 spiro atoms. The van der Waals surface area contributed by atoms with Crippen LogP contribution in [0.25, 0.3) is 22.4 Å². The van der Waals surface area contributed by atoms with Gasteiger partial charge in [-0.2, -0.15) is 0 Å². The van der Waals surface area contributed by atoms with Gasteiger partial charge >= 0.3 is 6.09 Å². The van der Waals surface area contributed by atoms with Gasteiger partial charge in [0.2, 0.25) is 0 Å². The van der Waals surface area contributed by atoms with E-state index >= 15 is 0 Å². The van der Waals surface area contributed by atoms with Crippen LogP contribution in [0.4, 0.5) is 4.79 Å². The molecule has 4 rings (SSSR count). The molecule has 0 atom stereocenters. The van der Waals surface area contributed by atoms with Crippen LogP contribution in [0.2, 0.25) is 0 Å². The van der Waals surface area contributed by atoms with Crippen LogP contribution in [-0.2, 0) is 13.0 Å². The summed E-state index contributed by atoms with van der Waals surface area (Å²) in [4.78, 5) is 15.7. The van der Waals surface area contributed by atoms with Crippen molar-refractivity contribution in [1.82, 2.24) is 20.0 Å². The average molecular weight is 456 g/mol. The van der Waals surface area contributed by atoms with Gasteiger partial charge < -0.3 is 10.5 Å². The summed E-state index contributed by atoms with van der Waals surface area (Å²) in [5.74, 6) is 0.566. The Hall–Kier alpha value is -4.00. The van der Waals surface area contributed by atoms with E-state index < -0.39 is 6.09 Å². The number of carbonyl (C=O) groups excluding carboxylic acids is 1. The second-order valence-electron chi connectivity index (χ2n) is 8.21. The third kappa shape index (κ3) is 6.28. The SMILES string of the molecule is NC(=O)Oc1c(CCCCCCCn2cc(-c3cccnc3)nn2)cccc1-c1ccccc1. The van der Waals surface area contributed by atoms with Gasteiger partial charge in [-0.05, 0) is 42.5 Å². The van der Waals surface area contributed by atoms with Gasteiger partial charge in [0, 0.05) is 30.1 Å². The normalized spacial score (nSPS) is 10.8. The highest BCUT2D eigenvalue weighted by Crippen LogP contribution is 2.34. The summed E-state index contributed by atoms with van der Waals surface area (Å²) in [5, 5.41) is 8.45. The van der Waals surface area contributed by atoms with Crippen molar-refractivity contribution in [2.75, 3.05) is 0 Å². The lowest BCUT2D eigenvalue weighted by Crippen LogP contribution is -2.17. The van der Waals surface area contributed by atoms with Crippen LogP contribution in [0.3, 0.4) is 0 Å². The third-order valence-electron chi connectivity index (χ3n) is 5.71. The minimum absolute atomic E-state index is 0.566. The molecule has 0 fully saturated rings. The standard InChI is InChI=1S/C27H29N5O2/c28-27(33)34-26-22(14-9-16-24(26)21-11-6-4-7-12-21)13-5-2-1-3-8-18-32-20-25(30-31-32)23-15-10-17-29-19-23/h4,6-7,9-12,14-17,19-20H,1-3,5,8,13,18H2,(H2,28,33). The number of unbranched alkanes of at least 4 members (excludes halogenated alkanes) is 4. The molecule has 2 heterocycles. The first-order valence-corrected chi connectivity index (χ1v) is 11.7. The first-order valence-electron chi connectivity index (χ1n) is 11.7. The molecule has 0 aliphatic heterocycles. The molecular formula is C27H29N5O2. The topological polar surface area (TPSA) is 95.9 Å². The van der Waals surface area contributed by atoms with E-state index in [2.05, 4.69) is 15.3 Å². The van der Waals surface area contributed by atoms with E-state index in [0.717, 1.165) is 73.0 Å². The van der Waals surface area contributed by atoms with Crippen LogP contribution >= 0.6 is 0 Å². The van der Waals surface area contributed by atoms with Crippen LogP contribution in [0.5, 0.6) is 5.75 Å². The van der Waals surface area contributed by atoms with Crippen LogP contribution in [-0.4, -0.2) is 26.1 Å². The molecule has 34 heavy (non-hydrogen) atoms. The number of pyridine rings is 1. The summed E-state index contributed by atoms with van der Waals surface area (Å²) in [5.41, 5.74) is 10.1. The summed E-state index contributed by atoms with van der Waals surface area (Å²) in [7, 11) is 0. The number of aromatic nitrogens is 4. The molecule has 2 aromatic carbocycles. The number of amides is 1. The van der Waals surface area contributed by atoms with E-state index in [1.54, 1.807) is 12.4 Å². The fourth-order valence-corrected chi connectivity index (χ4v) is 4.02. The smallest absolute Gasteiger partial charge is 0.409 e. The van der Waals surface area contributed by atoms with Gasteiger partial charge in [0.05, 0.1) is 6.20 Å². The Bertz CT molecular complexity index is 1190. The fraction of sp³-hybridized carbons (Fsp3) is 0.259. The summed E-state index contributed by atoms with van der Waals surface area (Å²) in [6, 6.07) is 19.8. The van der Waals surface area contributed by atoms with Crippen molar-refractivity contribution in [1.29, 1.82) is 0 Å². The number of hydrogen-bond donors (Lipinski definition) is 1. The van der Waals surface area contributed by atoms with E-state index in [0.29, 0.717) is 5.75 Å². The number of carbonyl (C=O) groups is 1. The molecule has 7 heteroatoms. The number of aryl methyl sites for hydroxylation is 2. The predicted octanol–water partition coefficient (Wildman–Crippen LogP) is 5.66. The highest BCUT2D eigenvalue weighted by molar-refractivity contribution is 5.77. The minimum atomic E-state index is -0.788. The van der Waals surface area contributed by atoms with E-state index in [9.17, 15) is 4.79 Å². The summed E-state index contributed by atoms with van der Waals surface area (Å²) >= 11 is 0. The van der Waals surface area contributed by atoms with E-state index in [1.165, 1.54) is 0 Å². The second-order valence-corrected chi connectivity index (χ2v) is 8.21. The average Bonchev–Trinajstić information content (AvgIpc) is 3.34. The molecule has 174 valence electrons. The number of hydrogen-bond acceptors (Lipinski definition) is 5. The summed E-state index contributed by atoms with van der Waals surface area (Å²) in [6.07, 6.45) is 11.0. The molecule has 2 N–H and O–H groups in total. The Labute approximate surface area is 199 Å². The lowest BCUT2D eigenvalue weighted by Gasteiger charge is -2.14. The third-order valence-corrected chi connectivity index (χ3v) is 5.71. The first kappa shape index (κ1) is 23.2. The maximum atomic E-state index is 11.5. The molecule has 0 saturated heterocycles. The van der Waals surface area contributed by atoms with E-state index in [-0.39, 0.29) is 0 Å². The molecule has 0 aliphatic carbocycles. The molecule has 0 bridgehead atoms. The number of nitrogens with two attached hydrogens (primary N) is 1. The van der Waals surface area contributed by atoms with Crippen molar-refractivity contribution in [2.24, 2.45) is 5.73 Å². The predicted molar refractivity (Wildman–Crippen MR) is 132 cm³/mol. The molecule has 4 aromatic rings. The Morgan fingerprint density at radius 2 is 1.68 bits per heavy atom. The Kier molecular flexibility index (Phi) is 8.00. The van der Waals surface area contributed by atoms with Crippen LogP contribution in [0.1, 0.15) is 37.7 Å². The highest BCUT2D eigenvalue weighted by atomic mass is 16.5. The first-order chi connectivity index (χ1) is 16.7. The Morgan fingerprint density at radius 1 is 0.882 bits per heavy atom. The second kappa shape index (κ2) is 11.7. The van der Waals surface area contributed by atoms with Gasteiger partial charge in [-0.25, -0.2) is 4.79 Å². The maximum Gasteiger partial charge on any atom is 0.409 e. The zero-order valence-electron chi connectivity index (χ0n) is 19.1. The molecular weight excluding hydrogens is 426 g/mol. The number of rotatable bonds is 11. The number of para-hydroxylation sites is 1. The van der Waals surface area contributed by atoms with Gasteiger partial charge in [0.15, 0.2) is 0 Å². The largest absolute Gasteiger partial charge is 0.410 e. The van der Waals surface area contributed by atoms with Crippen molar-refractivity contribution in [3.8, 4) is 28.1 Å². The van der Waals surface area contributed by atoms with E-state index in [1.807, 2.05) is 71.5 Å². The Morgan fingerprint density at radius 3 is 2.47 bits per heavy atom. The maximum absolute atomic E-state index is 11.5. The van der Waals surface area contributed by atoms with E-state index in [4.69, 9.17) is 10.5 Å². The molecule has 0 radical (unpaired) electrons. The van der Waals surface area contributed by atoms with Crippen molar-refractivity contribution in [3.05, 3.63) is 84.8 Å². The van der Waals surface area contributed by atoms with Crippen LogP contribution in [0, 0.1) is 0 Å². The number of nitrogens with zero attached hydrogens (tertiary/aromatic N) is 4. The van der Waals surface area contributed by atoms with Gasteiger partial charge in [-0.1, -0.05) is 73.0 Å². The van der Waals surface area contributed by atoms with Gasteiger partial charge in [0.25, 0.3) is 0 Å². The van der Waals surface area contributed by atoms with Crippen LogP contribution in [0.15, 0.2) is 79.3 Å². The zero-order chi connectivity index (χ0) is 23.6. The lowest BCUT2D eigenvalue weighted by atomic mass is 9.98. The van der Waals surface area contributed by atoms with Gasteiger partial charge in [-0.15, -0.1) is 5.10 Å². The number of benzene rings is 2. The molecule has 2 aromatic heterocycles. The zero-order valence-corrected chi connectivity index (χ0v) is 19.1. The quantitative estimate of drug-likeness (QED) is 0.295. The van der Waals surface area contributed by atoms with Crippen molar-refractivity contribution >= 4 is 6.09 Å². The highest BCUT2D eigenvalue weighted by Gasteiger charge is 2.14. The van der Waals surface area contributed by atoms with Gasteiger partial charge in [-0.3, -0.25) is 9.67 Å². The molecule has 7 nitrogen and oxygen atoms in total. The number of primary amides is 1. The van der Waals surface area contributed by atoms with Crippen molar-refractivity contribution in [2.45, 2.75) is 45.1 Å². The molecule has 1 amide bonds. The summed E-state index contributed by atoms with van der Waals surface area (Å²) < 4.78 is 7.32. The van der Waals surface area contributed by atoms with Gasteiger partial charge in [0.1, 0.15) is 11.4 Å². The lowest BCUT2D eigenvalue weighted by molar-refractivity contribution is 0.210. The fourth-order valence-electron chi connectivity index (χ4n) is 4.02. The molecule has 0 saturated carbocycles. The molecule has 0 aliphatic rings. The van der Waals surface area contributed by atoms with Crippen molar-refractivity contribution < 1.29 is 9.53 Å². The molecule has 0 unspecified atom stereocenters. The van der Waals surface area contributed by atoms with Crippen LogP contribution < -0.4 is 10.5 Å².